The minimum absolute atomic E-state index is 0.140. The highest BCUT2D eigenvalue weighted by atomic mass is 19.4. The molecule has 0 bridgehead atoms. The van der Waals surface area contributed by atoms with Crippen LogP contribution in [0.3, 0.4) is 0 Å². The zero-order valence-electron chi connectivity index (χ0n) is 36.5. The Hall–Kier alpha value is -5.10. The van der Waals surface area contributed by atoms with Gasteiger partial charge in [0.1, 0.15) is 11.7 Å². The van der Waals surface area contributed by atoms with E-state index >= 15 is 0 Å². The summed E-state index contributed by atoms with van der Waals surface area (Å²) >= 11 is 0. The second-order valence-corrected chi connectivity index (χ2v) is 18.5. The minimum atomic E-state index is -4.26. The van der Waals surface area contributed by atoms with Crippen molar-refractivity contribution >= 4 is 39.8 Å². The molecule has 3 aromatic heterocycles. The van der Waals surface area contributed by atoms with E-state index in [4.69, 9.17) is 4.98 Å². The number of fused-ring (bicyclic) bond motifs is 2. The van der Waals surface area contributed by atoms with Crippen LogP contribution in [0, 0.1) is 5.92 Å². The molecule has 0 spiro atoms. The van der Waals surface area contributed by atoms with Crippen LogP contribution in [0.25, 0.3) is 33.2 Å². The van der Waals surface area contributed by atoms with Crippen LogP contribution in [-0.4, -0.2) is 126 Å². The number of carbonyl (C=O) groups is 2. The number of benzene rings is 2. The second-order valence-electron chi connectivity index (χ2n) is 18.5. The fraction of sp³-hybridized carbons (Fsp3) is 0.553. The lowest BCUT2D eigenvalue weighted by molar-refractivity contribution is -0.136. The Balaban J connectivity index is 0.711. The summed E-state index contributed by atoms with van der Waals surface area (Å²) in [6, 6.07) is 14.2. The van der Waals surface area contributed by atoms with Crippen molar-refractivity contribution in [3.63, 3.8) is 0 Å². The van der Waals surface area contributed by atoms with E-state index in [0.717, 1.165) is 118 Å². The number of piperazine rings is 1. The van der Waals surface area contributed by atoms with Gasteiger partial charge in [0.05, 0.1) is 23.6 Å². The van der Waals surface area contributed by atoms with E-state index in [1.54, 1.807) is 17.8 Å². The predicted molar refractivity (Wildman–Crippen MR) is 239 cm³/mol. The standard InChI is InChI=1S/C47H59F3N10O4/c1-55-41-25-31(6-13-39(41)60(46(55)64)40-14-15-42(62)53-44(40)63)3-2-19-58-28-33(29-58)16-20-56-21-23-57(24-22-56)27-32-4-7-34(8-5-32)38-30-59(35-9-11-36(61)12-10-35)43-37(38)26-52-45(54-43)51-18-17-47(48,49)50/h4-8,13,25-26,30,33,35-36,40,61H,2-3,9-12,14-24,27-29H2,1H3,(H,51,52,54)(H,53,62,63)/t35-,36-,40-/m0/s1. The van der Waals surface area contributed by atoms with Gasteiger partial charge in [-0.25, -0.2) is 9.78 Å². The molecule has 17 heteroatoms. The van der Waals surface area contributed by atoms with Gasteiger partial charge in [0.25, 0.3) is 0 Å². The zero-order valence-corrected chi connectivity index (χ0v) is 36.5. The predicted octanol–water partition coefficient (Wildman–Crippen LogP) is 5.64. The van der Waals surface area contributed by atoms with Gasteiger partial charge >= 0.3 is 11.9 Å². The lowest BCUT2D eigenvalue weighted by Crippen LogP contribution is -2.50. The number of halogens is 3. The smallest absolute Gasteiger partial charge is 0.390 e. The molecule has 4 fully saturated rings. The van der Waals surface area contributed by atoms with Crippen molar-refractivity contribution in [3.8, 4) is 11.1 Å². The zero-order chi connectivity index (χ0) is 44.5. The van der Waals surface area contributed by atoms with E-state index in [9.17, 15) is 32.7 Å². The SMILES string of the molecule is Cn1c(=O)n([C@H]2CCC(=O)NC2=O)c2ccc(CCCN3CC(CCN4CCN(Cc5ccc(-c6cn([C@H]7CC[C@H](O)CC7)c7nc(NCCC(F)(F)F)ncc67)cc5)CC4)C3)cc21. The van der Waals surface area contributed by atoms with Crippen molar-refractivity contribution in [2.24, 2.45) is 13.0 Å². The van der Waals surface area contributed by atoms with Gasteiger partial charge in [-0.05, 0) is 99.2 Å². The molecule has 1 atom stereocenters. The number of amides is 2. The molecule has 0 unspecified atom stereocenters. The monoisotopic (exact) mass is 884 g/mol. The van der Waals surface area contributed by atoms with Crippen molar-refractivity contribution < 1.29 is 27.9 Å². The van der Waals surface area contributed by atoms with Gasteiger partial charge in [0.2, 0.25) is 17.8 Å². The third kappa shape index (κ3) is 9.92. The van der Waals surface area contributed by atoms with Crippen LogP contribution in [0.15, 0.2) is 59.7 Å². The summed E-state index contributed by atoms with van der Waals surface area (Å²) in [6.07, 6.45) is 5.01. The van der Waals surface area contributed by atoms with Gasteiger partial charge in [0.15, 0.2) is 0 Å². The van der Waals surface area contributed by atoms with E-state index in [-0.39, 0.29) is 42.7 Å². The molecular weight excluding hydrogens is 826 g/mol. The Morgan fingerprint density at radius 2 is 1.61 bits per heavy atom. The Bertz CT molecular complexity index is 2510. The number of alkyl halides is 3. The first-order chi connectivity index (χ1) is 30.8. The highest BCUT2D eigenvalue weighted by Gasteiger charge is 2.32. The number of aliphatic hydroxyl groups is 1. The number of nitrogens with zero attached hydrogens (tertiary/aromatic N) is 8. The summed E-state index contributed by atoms with van der Waals surface area (Å²) in [5.74, 6) is 0.196. The first-order valence-electron chi connectivity index (χ1n) is 23.0. The minimum Gasteiger partial charge on any atom is -0.393 e. The number of imide groups is 1. The highest BCUT2D eigenvalue weighted by molar-refractivity contribution is 6.00. The fourth-order valence-electron chi connectivity index (χ4n) is 10.2. The normalized spacial score (nSPS) is 22.0. The summed E-state index contributed by atoms with van der Waals surface area (Å²) in [7, 11) is 1.74. The number of piperidine rings is 1. The van der Waals surface area contributed by atoms with Crippen LogP contribution in [0.4, 0.5) is 19.1 Å². The number of imidazole rings is 1. The van der Waals surface area contributed by atoms with Crippen molar-refractivity contribution in [3.05, 3.63) is 76.5 Å². The molecule has 4 aliphatic rings. The third-order valence-electron chi connectivity index (χ3n) is 14.0. The van der Waals surface area contributed by atoms with E-state index in [0.29, 0.717) is 24.9 Å². The maximum absolute atomic E-state index is 13.1. The van der Waals surface area contributed by atoms with E-state index in [1.165, 1.54) is 22.1 Å². The molecule has 5 aromatic rings. The van der Waals surface area contributed by atoms with Gasteiger partial charge in [-0.15, -0.1) is 0 Å². The van der Waals surface area contributed by atoms with Crippen LogP contribution in [0.1, 0.15) is 81.0 Å². The summed E-state index contributed by atoms with van der Waals surface area (Å²) in [5, 5.41) is 16.1. The van der Waals surface area contributed by atoms with Gasteiger partial charge < -0.3 is 24.8 Å². The van der Waals surface area contributed by atoms with Crippen LogP contribution in [0.2, 0.25) is 0 Å². The molecular formula is C47H59F3N10O4. The van der Waals surface area contributed by atoms with Crippen molar-refractivity contribution in [1.82, 2.24) is 43.7 Å². The van der Waals surface area contributed by atoms with E-state index in [1.807, 2.05) is 6.07 Å². The number of hydrogen-bond acceptors (Lipinski definition) is 10. The Morgan fingerprint density at radius 1 is 0.875 bits per heavy atom. The van der Waals surface area contributed by atoms with Crippen molar-refractivity contribution in [1.29, 1.82) is 0 Å². The number of aliphatic hydroxyl groups excluding tert-OH is 1. The molecule has 2 amide bonds. The van der Waals surface area contributed by atoms with E-state index in [2.05, 4.69) is 77.5 Å². The number of rotatable bonds is 15. The number of hydrogen-bond donors (Lipinski definition) is 3. The number of aromatic nitrogens is 5. The molecule has 2 aromatic carbocycles. The Morgan fingerprint density at radius 3 is 2.34 bits per heavy atom. The largest absolute Gasteiger partial charge is 0.393 e. The van der Waals surface area contributed by atoms with Crippen molar-refractivity contribution in [2.75, 3.05) is 64.2 Å². The first kappa shape index (κ1) is 44.1. The molecule has 1 aliphatic carbocycles. The average Bonchev–Trinajstić information content (AvgIpc) is 3.75. The third-order valence-corrected chi connectivity index (χ3v) is 14.0. The first-order valence-corrected chi connectivity index (χ1v) is 23.0. The molecule has 64 heavy (non-hydrogen) atoms. The Kier molecular flexibility index (Phi) is 12.9. The number of anilines is 1. The molecule has 1 saturated carbocycles. The number of likely N-dealkylation sites (tertiary alicyclic amines) is 1. The number of nitrogens with one attached hydrogen (secondary N) is 2. The highest BCUT2D eigenvalue weighted by Crippen LogP contribution is 2.37. The summed E-state index contributed by atoms with van der Waals surface area (Å²) < 4.78 is 43.7. The van der Waals surface area contributed by atoms with Gasteiger partial charge in [-0.2, -0.15) is 18.2 Å². The lowest BCUT2D eigenvalue weighted by Gasteiger charge is -2.41. The molecule has 3 saturated heterocycles. The quantitative estimate of drug-likeness (QED) is 0.113. The summed E-state index contributed by atoms with van der Waals surface area (Å²) in [4.78, 5) is 54.1. The molecule has 3 N–H and O–H groups in total. The van der Waals surface area contributed by atoms with E-state index < -0.39 is 24.5 Å². The fourth-order valence-corrected chi connectivity index (χ4v) is 10.2. The lowest BCUT2D eigenvalue weighted by atomic mass is 9.93. The maximum atomic E-state index is 13.1. The molecule has 342 valence electrons. The molecule has 14 nitrogen and oxygen atoms in total. The van der Waals surface area contributed by atoms with Crippen LogP contribution >= 0.6 is 0 Å². The summed E-state index contributed by atoms with van der Waals surface area (Å²) in [6.45, 7) is 9.22. The topological polar surface area (TPSA) is 146 Å². The van der Waals surface area contributed by atoms with Crippen LogP contribution in [0.5, 0.6) is 0 Å². The molecule has 9 rings (SSSR count). The molecule has 3 aliphatic heterocycles. The van der Waals surface area contributed by atoms with Gasteiger partial charge in [-0.1, -0.05) is 30.3 Å². The number of carbonyl (C=O) groups excluding carboxylic acids is 2. The molecule has 6 heterocycles. The van der Waals surface area contributed by atoms with Gasteiger partial charge in [-0.3, -0.25) is 28.9 Å². The molecule has 0 radical (unpaired) electrons. The maximum Gasteiger partial charge on any atom is 0.390 e. The second kappa shape index (κ2) is 18.8. The summed E-state index contributed by atoms with van der Waals surface area (Å²) in [5.41, 5.74) is 6.42. The number of aryl methyl sites for hydroxylation is 2. The Labute approximate surface area is 370 Å². The van der Waals surface area contributed by atoms with Crippen LogP contribution < -0.4 is 16.3 Å². The average molecular weight is 885 g/mol. The van der Waals surface area contributed by atoms with Crippen molar-refractivity contribution in [2.45, 2.75) is 95.1 Å². The van der Waals surface area contributed by atoms with Gasteiger partial charge in [0, 0.05) is 95.2 Å². The van der Waals surface area contributed by atoms with Crippen LogP contribution in [-0.2, 0) is 29.6 Å².